The van der Waals surface area contributed by atoms with Crippen LogP contribution in [0.2, 0.25) is 0 Å². The third-order valence-electron chi connectivity index (χ3n) is 1.08. The summed E-state index contributed by atoms with van der Waals surface area (Å²) in [6, 6.07) is 0. The lowest BCUT2D eigenvalue weighted by molar-refractivity contribution is 0.391. The number of hydrogen-bond acceptors (Lipinski definition) is 3. The summed E-state index contributed by atoms with van der Waals surface area (Å²) in [5, 5.41) is 0. The van der Waals surface area contributed by atoms with Crippen LogP contribution < -0.4 is 4.74 Å². The van der Waals surface area contributed by atoms with Crippen LogP contribution in [0.4, 0.5) is 0 Å². The van der Waals surface area contributed by atoms with Crippen LogP contribution in [0.1, 0.15) is 5.69 Å². The van der Waals surface area contributed by atoms with Gasteiger partial charge in [0.1, 0.15) is 4.60 Å². The van der Waals surface area contributed by atoms with Crippen molar-refractivity contribution in [3.63, 3.8) is 0 Å². The zero-order valence-corrected chi connectivity index (χ0v) is 7.34. The van der Waals surface area contributed by atoms with Crippen LogP contribution in [0.3, 0.4) is 0 Å². The van der Waals surface area contributed by atoms with Gasteiger partial charge in [-0.3, -0.25) is 4.98 Å². The molecule has 0 spiro atoms. The minimum absolute atomic E-state index is 0.564. The first-order valence-corrected chi connectivity index (χ1v) is 3.56. The summed E-state index contributed by atoms with van der Waals surface area (Å²) < 4.78 is 5.61. The molecule has 0 atom stereocenters. The highest BCUT2D eigenvalue weighted by Crippen LogP contribution is 2.13. The number of nitrogens with zero attached hydrogens (tertiary/aromatic N) is 2. The molecule has 0 aliphatic heterocycles. The second kappa shape index (κ2) is 2.96. The fraction of sp³-hybridized carbons (Fsp3) is 0.333. The molecule has 1 aromatic rings. The monoisotopic (exact) mass is 202 g/mol. The average Bonchev–Trinajstić information content (AvgIpc) is 1.94. The number of hydrogen-bond donors (Lipinski definition) is 0. The summed E-state index contributed by atoms with van der Waals surface area (Å²) >= 11 is 3.18. The Labute approximate surface area is 67.6 Å². The molecular formula is C6H7BrN2O. The molecule has 0 aliphatic rings. The van der Waals surface area contributed by atoms with Gasteiger partial charge < -0.3 is 4.74 Å². The lowest BCUT2D eigenvalue weighted by Crippen LogP contribution is -1.93. The zero-order chi connectivity index (χ0) is 7.56. The highest BCUT2D eigenvalue weighted by molar-refractivity contribution is 9.10. The lowest BCUT2D eigenvalue weighted by Gasteiger charge is -2.00. The normalized spacial score (nSPS) is 9.50. The van der Waals surface area contributed by atoms with Crippen molar-refractivity contribution in [1.29, 1.82) is 0 Å². The van der Waals surface area contributed by atoms with Gasteiger partial charge >= 0.3 is 0 Å². The molecule has 1 heterocycles. The van der Waals surface area contributed by atoms with Crippen LogP contribution in [0.5, 0.6) is 5.88 Å². The van der Waals surface area contributed by atoms with Crippen molar-refractivity contribution in [3.05, 3.63) is 16.5 Å². The molecule has 10 heavy (non-hydrogen) atoms. The number of methoxy groups -OCH3 is 1. The standard InChI is InChI=1S/C6H7BrN2O/c1-4-6(10-2)9-5(7)3-8-4/h3H,1-2H3. The van der Waals surface area contributed by atoms with E-state index in [9.17, 15) is 0 Å². The van der Waals surface area contributed by atoms with Gasteiger partial charge in [-0.15, -0.1) is 0 Å². The van der Waals surface area contributed by atoms with Gasteiger partial charge in [0.05, 0.1) is 19.0 Å². The Hall–Kier alpha value is -0.640. The number of aryl methyl sites for hydroxylation is 1. The lowest BCUT2D eigenvalue weighted by atomic mass is 10.5. The van der Waals surface area contributed by atoms with E-state index < -0.39 is 0 Å². The predicted molar refractivity (Wildman–Crippen MR) is 41.0 cm³/mol. The van der Waals surface area contributed by atoms with Crippen molar-refractivity contribution >= 4 is 15.9 Å². The quantitative estimate of drug-likeness (QED) is 0.694. The molecule has 54 valence electrons. The second-order valence-electron chi connectivity index (χ2n) is 1.79. The van der Waals surface area contributed by atoms with Crippen molar-refractivity contribution in [1.82, 2.24) is 9.97 Å². The first kappa shape index (κ1) is 7.47. The molecule has 0 amide bonds. The maximum atomic E-state index is 4.92. The minimum atomic E-state index is 0.564. The smallest absolute Gasteiger partial charge is 0.236 e. The van der Waals surface area contributed by atoms with Crippen LogP contribution in [0.15, 0.2) is 10.8 Å². The summed E-state index contributed by atoms with van der Waals surface area (Å²) in [5.74, 6) is 0.564. The molecule has 4 heteroatoms. The van der Waals surface area contributed by atoms with Crippen LogP contribution in [-0.2, 0) is 0 Å². The first-order chi connectivity index (χ1) is 4.74. The van der Waals surface area contributed by atoms with Gasteiger partial charge in [-0.25, -0.2) is 4.98 Å². The summed E-state index contributed by atoms with van der Waals surface area (Å²) in [6.45, 7) is 1.85. The van der Waals surface area contributed by atoms with E-state index in [4.69, 9.17) is 4.74 Å². The SMILES string of the molecule is COc1nc(Br)cnc1C. The van der Waals surface area contributed by atoms with E-state index in [0.29, 0.717) is 10.5 Å². The van der Waals surface area contributed by atoms with Crippen molar-refractivity contribution in [2.24, 2.45) is 0 Å². The molecule has 0 N–H and O–H groups in total. The Morgan fingerprint density at radius 2 is 2.30 bits per heavy atom. The fourth-order valence-electron chi connectivity index (χ4n) is 0.605. The first-order valence-electron chi connectivity index (χ1n) is 2.77. The molecule has 1 rings (SSSR count). The number of halogens is 1. The van der Waals surface area contributed by atoms with Gasteiger partial charge in [-0.2, -0.15) is 0 Å². The Bertz CT molecular complexity index is 239. The highest BCUT2D eigenvalue weighted by atomic mass is 79.9. The number of rotatable bonds is 1. The molecule has 0 bridgehead atoms. The van der Waals surface area contributed by atoms with E-state index in [2.05, 4.69) is 25.9 Å². The molecule has 0 radical (unpaired) electrons. The van der Waals surface area contributed by atoms with Crippen LogP contribution in [0, 0.1) is 6.92 Å². The van der Waals surface area contributed by atoms with Crippen molar-refractivity contribution < 1.29 is 4.74 Å². The molecule has 0 unspecified atom stereocenters. The zero-order valence-electron chi connectivity index (χ0n) is 5.76. The molecular weight excluding hydrogens is 196 g/mol. The fourth-order valence-corrected chi connectivity index (χ4v) is 0.869. The molecule has 0 fully saturated rings. The van der Waals surface area contributed by atoms with Crippen molar-refractivity contribution in [2.45, 2.75) is 6.92 Å². The third kappa shape index (κ3) is 1.44. The molecule has 0 aromatic carbocycles. The van der Waals surface area contributed by atoms with Gasteiger partial charge in [-0.1, -0.05) is 0 Å². The van der Waals surface area contributed by atoms with E-state index in [1.165, 1.54) is 0 Å². The Balaban J connectivity index is 3.09. The van der Waals surface area contributed by atoms with Crippen molar-refractivity contribution in [3.8, 4) is 5.88 Å². The van der Waals surface area contributed by atoms with Crippen LogP contribution in [0.25, 0.3) is 0 Å². The molecule has 0 saturated carbocycles. The maximum Gasteiger partial charge on any atom is 0.236 e. The topological polar surface area (TPSA) is 35.0 Å². The molecule has 0 aliphatic carbocycles. The maximum absolute atomic E-state index is 4.92. The Morgan fingerprint density at radius 1 is 1.60 bits per heavy atom. The van der Waals surface area contributed by atoms with Gasteiger partial charge in [-0.05, 0) is 22.9 Å². The number of aromatic nitrogens is 2. The van der Waals surface area contributed by atoms with Crippen LogP contribution in [-0.4, -0.2) is 17.1 Å². The van der Waals surface area contributed by atoms with Gasteiger partial charge in [0.2, 0.25) is 5.88 Å². The molecule has 3 nitrogen and oxygen atoms in total. The minimum Gasteiger partial charge on any atom is -0.480 e. The summed E-state index contributed by atoms with van der Waals surface area (Å²) in [4.78, 5) is 8.04. The van der Waals surface area contributed by atoms with Gasteiger partial charge in [0, 0.05) is 0 Å². The van der Waals surface area contributed by atoms with E-state index in [1.54, 1.807) is 13.3 Å². The molecule has 1 aromatic heterocycles. The van der Waals surface area contributed by atoms with Crippen molar-refractivity contribution in [2.75, 3.05) is 7.11 Å². The summed E-state index contributed by atoms with van der Waals surface area (Å²) in [7, 11) is 1.57. The Kier molecular flexibility index (Phi) is 2.21. The van der Waals surface area contributed by atoms with E-state index in [1.807, 2.05) is 6.92 Å². The van der Waals surface area contributed by atoms with E-state index in [0.717, 1.165) is 5.69 Å². The predicted octanol–water partition coefficient (Wildman–Crippen LogP) is 1.56. The van der Waals surface area contributed by atoms with E-state index >= 15 is 0 Å². The second-order valence-corrected chi connectivity index (χ2v) is 2.60. The largest absolute Gasteiger partial charge is 0.480 e. The van der Waals surface area contributed by atoms with Gasteiger partial charge in [0.25, 0.3) is 0 Å². The number of ether oxygens (including phenoxy) is 1. The van der Waals surface area contributed by atoms with Crippen LogP contribution >= 0.6 is 15.9 Å². The summed E-state index contributed by atoms with van der Waals surface area (Å²) in [6.07, 6.45) is 1.64. The van der Waals surface area contributed by atoms with E-state index in [-0.39, 0.29) is 0 Å². The summed E-state index contributed by atoms with van der Waals surface area (Å²) in [5.41, 5.74) is 0.797. The third-order valence-corrected chi connectivity index (χ3v) is 1.46. The average molecular weight is 203 g/mol. The molecule has 0 saturated heterocycles. The van der Waals surface area contributed by atoms with Gasteiger partial charge in [0.15, 0.2) is 0 Å². The Morgan fingerprint density at radius 3 is 2.80 bits per heavy atom. The highest BCUT2D eigenvalue weighted by Gasteiger charge is 1.99.